The van der Waals surface area contributed by atoms with Gasteiger partial charge < -0.3 is 14.6 Å². The predicted molar refractivity (Wildman–Crippen MR) is 118 cm³/mol. The molecule has 0 unspecified atom stereocenters. The third-order valence-corrected chi connectivity index (χ3v) is 4.95. The van der Waals surface area contributed by atoms with Crippen molar-refractivity contribution in [3.8, 4) is 11.3 Å². The molecule has 1 N–H and O–H groups in total. The second-order valence-electron chi connectivity index (χ2n) is 7.04. The number of hydrogen-bond donors (Lipinski definition) is 1. The van der Waals surface area contributed by atoms with Gasteiger partial charge >= 0.3 is 0 Å². The molecule has 3 rings (SSSR count). The van der Waals surface area contributed by atoms with Gasteiger partial charge in [-0.05, 0) is 56.4 Å². The van der Waals surface area contributed by atoms with E-state index in [0.717, 1.165) is 18.7 Å². The Morgan fingerprint density at radius 3 is 2.55 bits per heavy atom. The van der Waals surface area contributed by atoms with Crippen molar-refractivity contribution in [3.05, 3.63) is 70.2 Å². The summed E-state index contributed by atoms with van der Waals surface area (Å²) in [6.07, 6.45) is 3.26. The molecule has 0 aliphatic rings. The molecule has 2 aromatic carbocycles. The van der Waals surface area contributed by atoms with E-state index in [-0.39, 0.29) is 12.3 Å². The van der Waals surface area contributed by atoms with Gasteiger partial charge in [-0.25, -0.2) is 4.98 Å². The Morgan fingerprint density at radius 1 is 1.10 bits per heavy atom. The quantitative estimate of drug-likeness (QED) is 0.523. The highest BCUT2D eigenvalue weighted by Gasteiger charge is 2.12. The Balaban J connectivity index is 1.51. The fourth-order valence-corrected chi connectivity index (χ4v) is 3.29. The number of amides is 1. The van der Waals surface area contributed by atoms with E-state index in [9.17, 15) is 4.79 Å². The summed E-state index contributed by atoms with van der Waals surface area (Å²) >= 11 is 12.1. The van der Waals surface area contributed by atoms with Gasteiger partial charge in [0, 0.05) is 35.7 Å². The summed E-state index contributed by atoms with van der Waals surface area (Å²) in [5, 5.41) is 3.95. The van der Waals surface area contributed by atoms with Gasteiger partial charge in [0.15, 0.2) is 11.7 Å². The highest BCUT2D eigenvalue weighted by atomic mass is 35.5. The number of oxazole rings is 1. The standard InChI is InChI=1S/C22H23Cl2N3O2/c1-27(2)12-11-15-3-6-17(7-4-15)26-21(28)9-10-22-25-14-20(29-22)18-8-5-16(23)13-19(18)24/h3-8,13-14H,9-12H2,1-2H3,(H,26,28). The molecule has 0 saturated carbocycles. The molecule has 0 fully saturated rings. The molecule has 0 radical (unpaired) electrons. The number of nitrogens with zero attached hydrogens (tertiary/aromatic N) is 2. The normalized spacial score (nSPS) is 11.1. The molecule has 7 heteroatoms. The number of anilines is 1. The lowest BCUT2D eigenvalue weighted by molar-refractivity contribution is -0.116. The van der Waals surface area contributed by atoms with E-state index in [2.05, 4.69) is 29.3 Å². The van der Waals surface area contributed by atoms with Gasteiger partial charge in [-0.3, -0.25) is 4.79 Å². The molecule has 0 bridgehead atoms. The van der Waals surface area contributed by atoms with Crippen LogP contribution in [-0.4, -0.2) is 36.4 Å². The highest BCUT2D eigenvalue weighted by molar-refractivity contribution is 6.36. The van der Waals surface area contributed by atoms with Gasteiger partial charge in [0.2, 0.25) is 5.91 Å². The number of rotatable bonds is 8. The van der Waals surface area contributed by atoms with Gasteiger partial charge in [0.1, 0.15) is 0 Å². The average Bonchev–Trinajstić information content (AvgIpc) is 3.14. The van der Waals surface area contributed by atoms with Crippen molar-refractivity contribution in [2.24, 2.45) is 0 Å². The molecule has 5 nitrogen and oxygen atoms in total. The van der Waals surface area contributed by atoms with Gasteiger partial charge in [-0.1, -0.05) is 35.3 Å². The van der Waals surface area contributed by atoms with Crippen molar-refractivity contribution in [1.82, 2.24) is 9.88 Å². The fraction of sp³-hybridized carbons (Fsp3) is 0.273. The topological polar surface area (TPSA) is 58.4 Å². The molecule has 0 atom stereocenters. The molecule has 29 heavy (non-hydrogen) atoms. The molecule has 0 aliphatic heterocycles. The molecule has 3 aromatic rings. The third kappa shape index (κ3) is 6.32. The number of likely N-dealkylation sites (N-methyl/N-ethyl adjacent to an activating group) is 1. The Morgan fingerprint density at radius 2 is 1.86 bits per heavy atom. The second kappa shape index (κ2) is 9.92. The van der Waals surface area contributed by atoms with Crippen LogP contribution in [0.5, 0.6) is 0 Å². The minimum atomic E-state index is -0.0877. The molecule has 152 valence electrons. The lowest BCUT2D eigenvalue weighted by Gasteiger charge is -2.10. The van der Waals surface area contributed by atoms with E-state index < -0.39 is 0 Å². The van der Waals surface area contributed by atoms with Gasteiger partial charge in [0.25, 0.3) is 0 Å². The zero-order chi connectivity index (χ0) is 20.8. The van der Waals surface area contributed by atoms with E-state index >= 15 is 0 Å². The first-order valence-electron chi connectivity index (χ1n) is 9.34. The van der Waals surface area contributed by atoms with Crippen LogP contribution in [0.25, 0.3) is 11.3 Å². The van der Waals surface area contributed by atoms with E-state index in [4.69, 9.17) is 27.6 Å². The summed E-state index contributed by atoms with van der Waals surface area (Å²) in [6, 6.07) is 13.1. The number of carbonyl (C=O) groups excluding carboxylic acids is 1. The molecule has 1 amide bonds. The second-order valence-corrected chi connectivity index (χ2v) is 7.88. The monoisotopic (exact) mass is 431 g/mol. The van der Waals surface area contributed by atoms with Crippen LogP contribution in [0.15, 0.2) is 53.1 Å². The van der Waals surface area contributed by atoms with Gasteiger partial charge in [-0.15, -0.1) is 0 Å². The van der Waals surface area contributed by atoms with Crippen molar-refractivity contribution >= 4 is 34.8 Å². The van der Waals surface area contributed by atoms with E-state index in [0.29, 0.717) is 33.7 Å². The van der Waals surface area contributed by atoms with E-state index in [1.165, 1.54) is 5.56 Å². The Bertz CT molecular complexity index is 968. The zero-order valence-corrected chi connectivity index (χ0v) is 17.9. The highest BCUT2D eigenvalue weighted by Crippen LogP contribution is 2.30. The molecular weight excluding hydrogens is 409 g/mol. The number of benzene rings is 2. The molecule has 0 saturated heterocycles. The molecule has 1 heterocycles. The van der Waals surface area contributed by atoms with Crippen LogP contribution >= 0.6 is 23.2 Å². The first-order valence-corrected chi connectivity index (χ1v) is 10.1. The first-order chi connectivity index (χ1) is 13.9. The summed E-state index contributed by atoms with van der Waals surface area (Å²) in [5.74, 6) is 0.950. The number of nitrogens with one attached hydrogen (secondary N) is 1. The maximum atomic E-state index is 12.2. The summed E-state index contributed by atoms with van der Waals surface area (Å²) in [7, 11) is 4.10. The van der Waals surface area contributed by atoms with Crippen LogP contribution in [0.1, 0.15) is 17.9 Å². The number of hydrogen-bond acceptors (Lipinski definition) is 4. The van der Waals surface area contributed by atoms with Crippen molar-refractivity contribution in [2.45, 2.75) is 19.3 Å². The largest absolute Gasteiger partial charge is 0.441 e. The van der Waals surface area contributed by atoms with Crippen molar-refractivity contribution in [2.75, 3.05) is 26.0 Å². The number of aryl methyl sites for hydroxylation is 1. The summed E-state index contributed by atoms with van der Waals surface area (Å²) < 4.78 is 5.73. The lowest BCUT2D eigenvalue weighted by Crippen LogP contribution is -2.15. The van der Waals surface area contributed by atoms with Crippen molar-refractivity contribution in [1.29, 1.82) is 0 Å². The number of carbonyl (C=O) groups is 1. The Hall–Kier alpha value is -2.34. The maximum absolute atomic E-state index is 12.2. The smallest absolute Gasteiger partial charge is 0.224 e. The van der Waals surface area contributed by atoms with Crippen LogP contribution in [0, 0.1) is 0 Å². The van der Waals surface area contributed by atoms with Crippen LogP contribution < -0.4 is 5.32 Å². The Labute approximate surface area is 180 Å². The number of aromatic nitrogens is 1. The van der Waals surface area contributed by atoms with Crippen LogP contribution in [0.4, 0.5) is 5.69 Å². The van der Waals surface area contributed by atoms with E-state index in [1.54, 1.807) is 24.4 Å². The fourth-order valence-electron chi connectivity index (χ4n) is 2.79. The molecular formula is C22H23Cl2N3O2. The van der Waals surface area contributed by atoms with Crippen molar-refractivity contribution < 1.29 is 9.21 Å². The van der Waals surface area contributed by atoms with Gasteiger partial charge in [-0.2, -0.15) is 0 Å². The Kier molecular flexibility index (Phi) is 7.31. The summed E-state index contributed by atoms with van der Waals surface area (Å²) in [6.45, 7) is 0.991. The van der Waals surface area contributed by atoms with E-state index in [1.807, 2.05) is 24.3 Å². The summed E-state index contributed by atoms with van der Waals surface area (Å²) in [5.41, 5.74) is 2.74. The first kappa shape index (κ1) is 21.4. The number of halogens is 2. The SMILES string of the molecule is CN(C)CCc1ccc(NC(=O)CCc2ncc(-c3ccc(Cl)cc3Cl)o2)cc1. The average molecular weight is 432 g/mol. The van der Waals surface area contributed by atoms with Crippen molar-refractivity contribution in [3.63, 3.8) is 0 Å². The predicted octanol–water partition coefficient (Wildman–Crippen LogP) is 5.32. The lowest BCUT2D eigenvalue weighted by atomic mass is 10.1. The molecule has 0 spiro atoms. The van der Waals surface area contributed by atoms with Gasteiger partial charge in [0.05, 0.1) is 11.2 Å². The summed E-state index contributed by atoms with van der Waals surface area (Å²) in [4.78, 5) is 18.6. The molecule has 1 aromatic heterocycles. The van der Waals surface area contributed by atoms with Crippen LogP contribution in [0.3, 0.4) is 0 Å². The molecule has 0 aliphatic carbocycles. The maximum Gasteiger partial charge on any atom is 0.224 e. The minimum Gasteiger partial charge on any atom is -0.441 e. The van der Waals surface area contributed by atoms with Crippen LogP contribution in [-0.2, 0) is 17.6 Å². The van der Waals surface area contributed by atoms with Crippen LogP contribution in [0.2, 0.25) is 10.0 Å². The zero-order valence-electron chi connectivity index (χ0n) is 16.4. The third-order valence-electron chi connectivity index (χ3n) is 4.40. The minimum absolute atomic E-state index is 0.0877.